The molecular weight excluding hydrogens is 395 g/mol. The molecule has 0 saturated carbocycles. The largest absolute Gasteiger partial charge is 0.318 e. The number of aryl methyl sites for hydroxylation is 2. The lowest BCUT2D eigenvalue weighted by atomic mass is 10.2. The maximum absolute atomic E-state index is 4.66. The summed E-state index contributed by atoms with van der Waals surface area (Å²) in [5, 5.41) is 0. The third-order valence-electron chi connectivity index (χ3n) is 4.01. The lowest BCUT2D eigenvalue weighted by Crippen LogP contribution is -1.99. The van der Waals surface area contributed by atoms with Crippen LogP contribution in [0.15, 0.2) is 59.6 Å². The fourth-order valence-corrected chi connectivity index (χ4v) is 3.11. The second kappa shape index (κ2) is 6.71. The van der Waals surface area contributed by atoms with Crippen LogP contribution in [0.5, 0.6) is 0 Å². The molecule has 0 atom stereocenters. The van der Waals surface area contributed by atoms with Crippen LogP contribution in [-0.4, -0.2) is 10.8 Å². The molecule has 0 unspecified atom stereocenters. The molecular formula is C20H19IN2. The number of halogens is 1. The molecule has 1 aromatic heterocycles. The van der Waals surface area contributed by atoms with Crippen LogP contribution in [0.2, 0.25) is 0 Å². The third kappa shape index (κ3) is 3.39. The Balaban J connectivity index is 1.98. The topological polar surface area (TPSA) is 17.3 Å². The molecule has 0 aliphatic rings. The van der Waals surface area contributed by atoms with Crippen molar-refractivity contribution >= 4 is 34.5 Å². The molecule has 0 bridgehead atoms. The summed E-state index contributed by atoms with van der Waals surface area (Å²) in [7, 11) is 0. The molecule has 3 aromatic rings. The zero-order chi connectivity index (χ0) is 16.4. The van der Waals surface area contributed by atoms with Gasteiger partial charge in [-0.3, -0.25) is 4.99 Å². The van der Waals surface area contributed by atoms with Gasteiger partial charge in [0.2, 0.25) is 0 Å². The Kier molecular flexibility index (Phi) is 4.66. The van der Waals surface area contributed by atoms with Crippen molar-refractivity contribution in [3.63, 3.8) is 0 Å². The number of nitrogens with zero attached hydrogens (tertiary/aromatic N) is 2. The van der Waals surface area contributed by atoms with E-state index in [0.717, 1.165) is 11.3 Å². The van der Waals surface area contributed by atoms with E-state index < -0.39 is 0 Å². The monoisotopic (exact) mass is 414 g/mol. The molecule has 0 saturated heterocycles. The first-order chi connectivity index (χ1) is 11.1. The summed E-state index contributed by atoms with van der Waals surface area (Å²) >= 11 is 2.33. The van der Waals surface area contributed by atoms with Gasteiger partial charge in [0.05, 0.1) is 5.69 Å². The average molecular weight is 414 g/mol. The SMILES string of the molecule is Cc1ccccc1N=Cc1cc(C)n(-c2ccc(I)cc2)c1C. The lowest BCUT2D eigenvalue weighted by molar-refractivity contribution is 0.964. The van der Waals surface area contributed by atoms with Crippen LogP contribution in [-0.2, 0) is 0 Å². The van der Waals surface area contributed by atoms with E-state index in [1.54, 1.807) is 0 Å². The van der Waals surface area contributed by atoms with E-state index in [1.165, 1.54) is 26.2 Å². The number of para-hydroxylation sites is 1. The number of hydrogen-bond donors (Lipinski definition) is 0. The highest BCUT2D eigenvalue weighted by Gasteiger charge is 2.09. The second-order valence-electron chi connectivity index (χ2n) is 5.68. The summed E-state index contributed by atoms with van der Waals surface area (Å²) in [4.78, 5) is 4.66. The Bertz CT molecular complexity index is 858. The van der Waals surface area contributed by atoms with E-state index in [1.807, 2.05) is 24.4 Å². The normalized spacial score (nSPS) is 11.3. The van der Waals surface area contributed by atoms with E-state index in [9.17, 15) is 0 Å². The van der Waals surface area contributed by atoms with E-state index in [0.29, 0.717) is 0 Å². The first kappa shape index (κ1) is 16.0. The lowest BCUT2D eigenvalue weighted by Gasteiger charge is -2.09. The van der Waals surface area contributed by atoms with Crippen molar-refractivity contribution in [1.82, 2.24) is 4.57 Å². The summed E-state index contributed by atoms with van der Waals surface area (Å²) in [5.41, 5.74) is 6.98. The first-order valence-corrected chi connectivity index (χ1v) is 8.69. The Labute approximate surface area is 151 Å². The van der Waals surface area contributed by atoms with E-state index in [4.69, 9.17) is 0 Å². The van der Waals surface area contributed by atoms with Gasteiger partial charge in [0.15, 0.2) is 0 Å². The van der Waals surface area contributed by atoms with Gasteiger partial charge in [-0.05, 0) is 85.3 Å². The molecule has 0 amide bonds. The highest BCUT2D eigenvalue weighted by molar-refractivity contribution is 14.1. The smallest absolute Gasteiger partial charge is 0.0659 e. The Morgan fingerprint density at radius 3 is 2.35 bits per heavy atom. The molecule has 0 N–H and O–H groups in total. The van der Waals surface area contributed by atoms with Crippen molar-refractivity contribution in [1.29, 1.82) is 0 Å². The molecule has 0 aliphatic heterocycles. The molecule has 2 nitrogen and oxygen atoms in total. The van der Waals surface area contributed by atoms with Crippen LogP contribution in [0.3, 0.4) is 0 Å². The molecule has 2 aromatic carbocycles. The van der Waals surface area contributed by atoms with Crippen LogP contribution in [0, 0.1) is 24.3 Å². The third-order valence-corrected chi connectivity index (χ3v) is 4.73. The van der Waals surface area contributed by atoms with Crippen LogP contribution >= 0.6 is 22.6 Å². The molecule has 0 radical (unpaired) electrons. The molecule has 1 heterocycles. The van der Waals surface area contributed by atoms with Gasteiger partial charge in [-0.25, -0.2) is 0 Å². The minimum absolute atomic E-state index is 1.02. The maximum atomic E-state index is 4.66. The number of hydrogen-bond acceptors (Lipinski definition) is 1. The minimum Gasteiger partial charge on any atom is -0.318 e. The van der Waals surface area contributed by atoms with Crippen LogP contribution < -0.4 is 0 Å². The highest BCUT2D eigenvalue weighted by atomic mass is 127. The molecule has 0 fully saturated rings. The van der Waals surface area contributed by atoms with Gasteiger partial charge < -0.3 is 4.57 Å². The number of rotatable bonds is 3. The fourth-order valence-electron chi connectivity index (χ4n) is 2.75. The molecule has 0 spiro atoms. The van der Waals surface area contributed by atoms with Gasteiger partial charge in [0.1, 0.15) is 0 Å². The van der Waals surface area contributed by atoms with Gasteiger partial charge in [-0.2, -0.15) is 0 Å². The molecule has 23 heavy (non-hydrogen) atoms. The van der Waals surface area contributed by atoms with Crippen molar-refractivity contribution in [2.75, 3.05) is 0 Å². The number of benzene rings is 2. The van der Waals surface area contributed by atoms with Crippen LogP contribution in [0.25, 0.3) is 5.69 Å². The predicted molar refractivity (Wildman–Crippen MR) is 106 cm³/mol. The minimum atomic E-state index is 1.02. The molecule has 0 aliphatic carbocycles. The molecule has 116 valence electrons. The number of aromatic nitrogens is 1. The molecule has 3 heteroatoms. The number of aliphatic imine (C=N–C) groups is 1. The van der Waals surface area contributed by atoms with Gasteiger partial charge in [-0.15, -0.1) is 0 Å². The Hall–Kier alpha value is -1.88. The zero-order valence-corrected chi connectivity index (χ0v) is 15.7. The van der Waals surface area contributed by atoms with E-state index in [2.05, 4.69) is 89.3 Å². The first-order valence-electron chi connectivity index (χ1n) is 7.61. The van der Waals surface area contributed by atoms with Crippen molar-refractivity contribution in [3.05, 3.63) is 80.7 Å². The van der Waals surface area contributed by atoms with Gasteiger partial charge in [0, 0.05) is 32.4 Å². The quantitative estimate of drug-likeness (QED) is 0.383. The summed E-state index contributed by atoms with van der Waals surface area (Å²) in [5.74, 6) is 0. The van der Waals surface area contributed by atoms with Crippen molar-refractivity contribution in [3.8, 4) is 5.69 Å². The zero-order valence-electron chi connectivity index (χ0n) is 13.5. The summed E-state index contributed by atoms with van der Waals surface area (Å²) in [6.07, 6.45) is 1.97. The predicted octanol–water partition coefficient (Wildman–Crippen LogP) is 5.76. The van der Waals surface area contributed by atoms with E-state index in [-0.39, 0.29) is 0 Å². The van der Waals surface area contributed by atoms with Crippen LogP contribution in [0.4, 0.5) is 5.69 Å². The van der Waals surface area contributed by atoms with Gasteiger partial charge in [0.25, 0.3) is 0 Å². The summed E-state index contributed by atoms with van der Waals surface area (Å²) in [6.45, 7) is 6.36. The maximum Gasteiger partial charge on any atom is 0.0659 e. The van der Waals surface area contributed by atoms with Gasteiger partial charge >= 0.3 is 0 Å². The summed E-state index contributed by atoms with van der Waals surface area (Å²) < 4.78 is 3.52. The van der Waals surface area contributed by atoms with Crippen molar-refractivity contribution in [2.45, 2.75) is 20.8 Å². The highest BCUT2D eigenvalue weighted by Crippen LogP contribution is 2.22. The van der Waals surface area contributed by atoms with E-state index >= 15 is 0 Å². The average Bonchev–Trinajstić information content (AvgIpc) is 2.82. The van der Waals surface area contributed by atoms with Gasteiger partial charge in [-0.1, -0.05) is 18.2 Å². The van der Waals surface area contributed by atoms with Crippen LogP contribution in [0.1, 0.15) is 22.5 Å². The summed E-state index contributed by atoms with van der Waals surface area (Å²) in [6, 6.07) is 19.0. The van der Waals surface area contributed by atoms with Crippen molar-refractivity contribution < 1.29 is 0 Å². The standard InChI is InChI=1S/C20H19IN2/c1-14-6-4-5-7-20(14)22-13-17-12-15(2)23(16(17)3)19-10-8-18(21)9-11-19/h4-13H,1-3H3. The second-order valence-corrected chi connectivity index (χ2v) is 6.93. The Morgan fingerprint density at radius 2 is 1.65 bits per heavy atom. The molecule has 3 rings (SSSR count). The fraction of sp³-hybridized carbons (Fsp3) is 0.150. The Morgan fingerprint density at radius 1 is 0.957 bits per heavy atom. The van der Waals surface area contributed by atoms with Crippen molar-refractivity contribution in [2.24, 2.45) is 4.99 Å².